The Morgan fingerprint density at radius 1 is 1.10 bits per heavy atom. The molecule has 0 amide bonds. The Morgan fingerprint density at radius 3 is 2.62 bits per heavy atom. The summed E-state index contributed by atoms with van der Waals surface area (Å²) >= 11 is 0. The molecule has 0 aromatic heterocycles. The summed E-state index contributed by atoms with van der Waals surface area (Å²) < 4.78 is 19.2. The second-order valence-corrected chi connectivity index (χ2v) is 4.89. The quantitative estimate of drug-likeness (QED) is 0.877. The minimum absolute atomic E-state index is 0.245. The molecule has 0 fully saturated rings. The van der Waals surface area contributed by atoms with Crippen LogP contribution in [0.4, 0.5) is 4.39 Å². The summed E-state index contributed by atoms with van der Waals surface area (Å²) in [7, 11) is 0. The lowest BCUT2D eigenvalue weighted by atomic mass is 10.1. The maximum absolute atomic E-state index is 13.5. The van der Waals surface area contributed by atoms with Crippen molar-refractivity contribution < 1.29 is 9.13 Å². The number of aryl methyl sites for hydroxylation is 2. The predicted octanol–water partition coefficient (Wildman–Crippen LogP) is 3.33. The van der Waals surface area contributed by atoms with Crippen molar-refractivity contribution in [1.82, 2.24) is 0 Å². The van der Waals surface area contributed by atoms with E-state index in [0.717, 1.165) is 5.56 Å². The zero-order chi connectivity index (χ0) is 15.2. The molecule has 0 saturated carbocycles. The van der Waals surface area contributed by atoms with E-state index in [0.29, 0.717) is 17.9 Å². The molecule has 0 unspecified atom stereocenters. The van der Waals surface area contributed by atoms with Gasteiger partial charge in [-0.2, -0.15) is 0 Å². The third-order valence-electron chi connectivity index (χ3n) is 3.18. The molecule has 0 radical (unpaired) electrons. The summed E-state index contributed by atoms with van der Waals surface area (Å²) in [6.07, 6.45) is 0. The summed E-state index contributed by atoms with van der Waals surface area (Å²) in [5, 5.41) is 0. The molecule has 2 aromatic rings. The Hall–Kier alpha value is -2.31. The zero-order valence-electron chi connectivity index (χ0n) is 12.2. The molecule has 2 aromatic carbocycles. The first-order chi connectivity index (χ1) is 10.1. The lowest BCUT2D eigenvalue weighted by Gasteiger charge is -2.09. The van der Waals surface area contributed by atoms with E-state index in [2.05, 4.69) is 37.8 Å². The first kappa shape index (κ1) is 15.1. The summed E-state index contributed by atoms with van der Waals surface area (Å²) in [6.45, 7) is 4.76. The Balaban J connectivity index is 2.12. The van der Waals surface area contributed by atoms with Gasteiger partial charge in [0.2, 0.25) is 0 Å². The Kier molecular flexibility index (Phi) is 4.97. The van der Waals surface area contributed by atoms with Gasteiger partial charge in [0.1, 0.15) is 18.2 Å². The van der Waals surface area contributed by atoms with E-state index in [1.165, 1.54) is 23.3 Å². The molecule has 0 atom stereocenters. The van der Waals surface area contributed by atoms with E-state index in [1.807, 2.05) is 6.07 Å². The van der Waals surface area contributed by atoms with Crippen LogP contribution in [0.2, 0.25) is 0 Å². The molecule has 0 aliphatic carbocycles. The van der Waals surface area contributed by atoms with Crippen LogP contribution in [0.5, 0.6) is 5.75 Å². The average molecular weight is 283 g/mol. The van der Waals surface area contributed by atoms with Crippen molar-refractivity contribution in [3.63, 3.8) is 0 Å². The Labute approximate surface area is 124 Å². The van der Waals surface area contributed by atoms with Gasteiger partial charge in [-0.05, 0) is 42.7 Å². The van der Waals surface area contributed by atoms with Gasteiger partial charge >= 0.3 is 0 Å². The number of benzene rings is 2. The van der Waals surface area contributed by atoms with Gasteiger partial charge in [-0.1, -0.05) is 30.0 Å². The van der Waals surface area contributed by atoms with Crippen molar-refractivity contribution in [2.75, 3.05) is 6.54 Å². The van der Waals surface area contributed by atoms with E-state index in [4.69, 9.17) is 10.5 Å². The van der Waals surface area contributed by atoms with Crippen molar-refractivity contribution in [3.8, 4) is 17.6 Å². The first-order valence-electron chi connectivity index (χ1n) is 6.77. The number of hydrogen-bond donors (Lipinski definition) is 1. The van der Waals surface area contributed by atoms with Crippen molar-refractivity contribution in [2.24, 2.45) is 5.73 Å². The minimum atomic E-state index is -0.367. The number of hydrogen-bond acceptors (Lipinski definition) is 2. The molecule has 2 nitrogen and oxygen atoms in total. The molecular formula is C18H18FNO. The fraction of sp³-hybridized carbons (Fsp3) is 0.222. The summed E-state index contributed by atoms with van der Waals surface area (Å²) in [5.74, 6) is 5.61. The highest BCUT2D eigenvalue weighted by molar-refractivity contribution is 5.40. The van der Waals surface area contributed by atoms with Gasteiger partial charge < -0.3 is 10.5 Å². The fourth-order valence-corrected chi connectivity index (χ4v) is 1.93. The normalized spacial score (nSPS) is 9.90. The van der Waals surface area contributed by atoms with Crippen LogP contribution in [0.1, 0.15) is 22.3 Å². The predicted molar refractivity (Wildman–Crippen MR) is 82.6 cm³/mol. The molecule has 0 spiro atoms. The Morgan fingerprint density at radius 2 is 1.90 bits per heavy atom. The molecule has 0 saturated heterocycles. The maximum Gasteiger partial charge on any atom is 0.128 e. The van der Waals surface area contributed by atoms with Crippen LogP contribution in [-0.2, 0) is 6.61 Å². The van der Waals surface area contributed by atoms with Crippen LogP contribution in [0.15, 0.2) is 36.4 Å². The van der Waals surface area contributed by atoms with Gasteiger partial charge in [0.05, 0.1) is 6.54 Å². The highest BCUT2D eigenvalue weighted by Crippen LogP contribution is 2.18. The molecule has 0 heterocycles. The van der Waals surface area contributed by atoms with Gasteiger partial charge in [0.25, 0.3) is 0 Å². The molecule has 0 aliphatic rings. The van der Waals surface area contributed by atoms with Crippen LogP contribution in [0, 0.1) is 31.5 Å². The molecule has 0 aliphatic heterocycles. The van der Waals surface area contributed by atoms with E-state index in [9.17, 15) is 4.39 Å². The monoisotopic (exact) mass is 283 g/mol. The lowest BCUT2D eigenvalue weighted by molar-refractivity contribution is 0.304. The number of rotatable bonds is 3. The van der Waals surface area contributed by atoms with Crippen molar-refractivity contribution in [3.05, 3.63) is 64.5 Å². The van der Waals surface area contributed by atoms with Crippen LogP contribution in [0.3, 0.4) is 0 Å². The third kappa shape index (κ3) is 4.34. The van der Waals surface area contributed by atoms with Crippen molar-refractivity contribution in [2.45, 2.75) is 20.5 Å². The number of halogens is 1. The topological polar surface area (TPSA) is 35.2 Å². The number of nitrogens with two attached hydrogens (primary N) is 1. The smallest absolute Gasteiger partial charge is 0.128 e. The van der Waals surface area contributed by atoms with Crippen LogP contribution in [-0.4, -0.2) is 6.54 Å². The SMILES string of the molecule is Cc1ccc(COc2cc(F)cc(C#CCN)c2)cc1C. The third-order valence-corrected chi connectivity index (χ3v) is 3.18. The molecule has 108 valence electrons. The van der Waals surface area contributed by atoms with Gasteiger partial charge in [0.15, 0.2) is 0 Å². The highest BCUT2D eigenvalue weighted by Gasteiger charge is 2.02. The van der Waals surface area contributed by atoms with E-state index in [-0.39, 0.29) is 12.4 Å². The van der Waals surface area contributed by atoms with Gasteiger partial charge in [0, 0.05) is 11.6 Å². The second-order valence-electron chi connectivity index (χ2n) is 4.89. The van der Waals surface area contributed by atoms with Crippen LogP contribution in [0.25, 0.3) is 0 Å². The lowest BCUT2D eigenvalue weighted by Crippen LogP contribution is -1.98. The van der Waals surface area contributed by atoms with Crippen molar-refractivity contribution >= 4 is 0 Å². The first-order valence-corrected chi connectivity index (χ1v) is 6.77. The average Bonchev–Trinajstić information content (AvgIpc) is 2.46. The standard InChI is InChI=1S/C18H18FNO/c1-13-5-6-16(8-14(13)2)12-21-18-10-15(4-3-7-20)9-17(19)11-18/h5-6,8-11H,7,12,20H2,1-2H3. The molecule has 0 bridgehead atoms. The zero-order valence-corrected chi connectivity index (χ0v) is 12.2. The van der Waals surface area contributed by atoms with Gasteiger partial charge in [-0.25, -0.2) is 4.39 Å². The molecule has 2 N–H and O–H groups in total. The minimum Gasteiger partial charge on any atom is -0.489 e. The van der Waals surface area contributed by atoms with Crippen LogP contribution >= 0.6 is 0 Å². The second kappa shape index (κ2) is 6.92. The molecule has 2 rings (SSSR count). The summed E-state index contributed by atoms with van der Waals surface area (Å²) in [6, 6.07) is 10.6. The highest BCUT2D eigenvalue weighted by atomic mass is 19.1. The van der Waals surface area contributed by atoms with Crippen LogP contribution < -0.4 is 10.5 Å². The molecule has 21 heavy (non-hydrogen) atoms. The summed E-state index contributed by atoms with van der Waals surface area (Å²) in [5.41, 5.74) is 9.39. The molecular weight excluding hydrogens is 265 g/mol. The van der Waals surface area contributed by atoms with Crippen molar-refractivity contribution in [1.29, 1.82) is 0 Å². The fourth-order valence-electron chi connectivity index (χ4n) is 1.93. The number of ether oxygens (including phenoxy) is 1. The maximum atomic E-state index is 13.5. The van der Waals surface area contributed by atoms with Gasteiger partial charge in [-0.3, -0.25) is 0 Å². The molecule has 3 heteroatoms. The summed E-state index contributed by atoms with van der Waals surface area (Å²) in [4.78, 5) is 0. The Bertz CT molecular complexity index is 698. The van der Waals surface area contributed by atoms with Gasteiger partial charge in [-0.15, -0.1) is 0 Å². The largest absolute Gasteiger partial charge is 0.489 e. The van der Waals surface area contributed by atoms with E-state index < -0.39 is 0 Å². The van der Waals surface area contributed by atoms with E-state index >= 15 is 0 Å². The van der Waals surface area contributed by atoms with E-state index in [1.54, 1.807) is 6.07 Å².